The van der Waals surface area contributed by atoms with E-state index in [4.69, 9.17) is 4.84 Å². The van der Waals surface area contributed by atoms with Crippen LogP contribution in [0.1, 0.15) is 84.1 Å². The molecule has 2 aromatic rings. The Kier molecular flexibility index (Phi) is 10.3. The average Bonchev–Trinajstić information content (AvgIpc) is 2.77. The molecule has 0 aliphatic carbocycles. The number of carboxylic acids is 1. The van der Waals surface area contributed by atoms with Crippen molar-refractivity contribution in [2.75, 3.05) is 0 Å². The summed E-state index contributed by atoms with van der Waals surface area (Å²) >= 11 is 0. The van der Waals surface area contributed by atoms with Gasteiger partial charge in [-0.2, -0.15) is 5.48 Å². The second kappa shape index (κ2) is 12.6. The molecule has 0 heterocycles. The summed E-state index contributed by atoms with van der Waals surface area (Å²) in [5.74, 6) is -1.13. The maximum absolute atomic E-state index is 13.2. The van der Waals surface area contributed by atoms with Crippen LogP contribution in [0.4, 0.5) is 0 Å². The Morgan fingerprint density at radius 1 is 0.892 bits per heavy atom. The van der Waals surface area contributed by atoms with Crippen LogP contribution in [0.3, 0.4) is 0 Å². The van der Waals surface area contributed by atoms with Gasteiger partial charge >= 0.3 is 5.97 Å². The number of aromatic hydroxyl groups is 1. The van der Waals surface area contributed by atoms with Gasteiger partial charge in [0.05, 0.1) is 6.61 Å². The first-order chi connectivity index (χ1) is 17.1. The van der Waals surface area contributed by atoms with Crippen molar-refractivity contribution < 1.29 is 24.6 Å². The number of nitrogens with one attached hydrogen (secondary N) is 2. The molecule has 1 amide bonds. The predicted octanol–water partition coefficient (Wildman–Crippen LogP) is 5.24. The molecule has 0 unspecified atom stereocenters. The Labute approximate surface area is 221 Å². The lowest BCUT2D eigenvalue weighted by atomic mass is 9.78. The number of hydrogen-bond donors (Lipinski definition) is 4. The highest BCUT2D eigenvalue weighted by molar-refractivity contribution is 5.87. The van der Waals surface area contributed by atoms with Crippen LogP contribution in [0.15, 0.2) is 42.5 Å². The van der Waals surface area contributed by atoms with Crippen LogP contribution >= 0.6 is 0 Å². The Bertz CT molecular complexity index is 1020. The molecule has 7 nitrogen and oxygen atoms in total. The quantitative estimate of drug-likeness (QED) is 0.307. The second-order valence-corrected chi connectivity index (χ2v) is 12.2. The van der Waals surface area contributed by atoms with Crippen molar-refractivity contribution in [3.05, 3.63) is 64.7 Å². The Morgan fingerprint density at radius 3 is 1.89 bits per heavy atom. The number of phenols is 1. The van der Waals surface area contributed by atoms with E-state index < -0.39 is 24.0 Å². The fourth-order valence-electron chi connectivity index (χ4n) is 4.14. The third-order valence-corrected chi connectivity index (χ3v) is 6.17. The van der Waals surface area contributed by atoms with E-state index in [1.54, 1.807) is 0 Å². The number of rotatable bonds is 11. The molecule has 204 valence electrons. The molecule has 0 radical (unpaired) electrons. The topological polar surface area (TPSA) is 108 Å². The van der Waals surface area contributed by atoms with Gasteiger partial charge in [-0.25, -0.2) is 4.79 Å². The van der Waals surface area contributed by atoms with E-state index in [1.807, 2.05) is 97.9 Å². The summed E-state index contributed by atoms with van der Waals surface area (Å²) in [4.78, 5) is 31.0. The van der Waals surface area contributed by atoms with Crippen molar-refractivity contribution in [3.63, 3.8) is 0 Å². The predicted molar refractivity (Wildman–Crippen MR) is 146 cm³/mol. The van der Waals surface area contributed by atoms with E-state index in [-0.39, 0.29) is 35.5 Å². The van der Waals surface area contributed by atoms with E-state index in [9.17, 15) is 19.8 Å². The third kappa shape index (κ3) is 9.17. The van der Waals surface area contributed by atoms with Crippen molar-refractivity contribution in [2.24, 2.45) is 5.92 Å². The average molecular weight is 513 g/mol. The van der Waals surface area contributed by atoms with Crippen LogP contribution < -0.4 is 10.8 Å². The Morgan fingerprint density at radius 2 is 1.43 bits per heavy atom. The van der Waals surface area contributed by atoms with Crippen LogP contribution in [0.25, 0.3) is 0 Å². The number of aliphatic carboxylic acids is 1. The molecule has 0 aliphatic heterocycles. The van der Waals surface area contributed by atoms with Crippen molar-refractivity contribution in [2.45, 2.75) is 97.8 Å². The van der Waals surface area contributed by atoms with E-state index >= 15 is 0 Å². The molecule has 0 spiro atoms. The van der Waals surface area contributed by atoms with Gasteiger partial charge in [-0.15, -0.1) is 0 Å². The van der Waals surface area contributed by atoms with Crippen LogP contribution in [-0.4, -0.2) is 34.2 Å². The molecule has 2 aromatic carbocycles. The van der Waals surface area contributed by atoms with Gasteiger partial charge in [0.2, 0.25) is 5.91 Å². The number of amides is 1. The lowest BCUT2D eigenvalue weighted by Crippen LogP contribution is -2.51. The number of benzene rings is 2. The number of hydrogen-bond acceptors (Lipinski definition) is 5. The van der Waals surface area contributed by atoms with Gasteiger partial charge in [0, 0.05) is 6.42 Å². The summed E-state index contributed by atoms with van der Waals surface area (Å²) in [7, 11) is 0. The summed E-state index contributed by atoms with van der Waals surface area (Å²) in [5, 5.41) is 23.7. The number of carbonyl (C=O) groups excluding carboxylic acids is 1. The first-order valence-corrected chi connectivity index (χ1v) is 12.9. The normalized spacial score (nSPS) is 13.9. The maximum Gasteiger partial charge on any atom is 0.326 e. The molecule has 4 N–H and O–H groups in total. The number of carbonyl (C=O) groups is 2. The van der Waals surface area contributed by atoms with Crippen molar-refractivity contribution in [1.82, 2.24) is 10.8 Å². The van der Waals surface area contributed by atoms with Gasteiger partial charge in [-0.1, -0.05) is 97.9 Å². The zero-order valence-electron chi connectivity index (χ0n) is 23.5. The van der Waals surface area contributed by atoms with Gasteiger partial charge in [0.25, 0.3) is 0 Å². The summed E-state index contributed by atoms with van der Waals surface area (Å²) < 4.78 is 0. The molecule has 0 aromatic heterocycles. The fourth-order valence-corrected chi connectivity index (χ4v) is 4.14. The number of phenolic OH excluding ortho intramolecular Hbond substituents is 1. The summed E-state index contributed by atoms with van der Waals surface area (Å²) in [5.41, 5.74) is 5.35. The first-order valence-electron chi connectivity index (χ1n) is 12.9. The van der Waals surface area contributed by atoms with Crippen LogP contribution in [0, 0.1) is 5.92 Å². The van der Waals surface area contributed by atoms with E-state index in [1.165, 1.54) is 0 Å². The smallest absolute Gasteiger partial charge is 0.326 e. The highest BCUT2D eigenvalue weighted by Gasteiger charge is 2.30. The van der Waals surface area contributed by atoms with Crippen molar-refractivity contribution in [1.29, 1.82) is 0 Å². The van der Waals surface area contributed by atoms with Crippen LogP contribution in [0.2, 0.25) is 0 Å². The third-order valence-electron chi connectivity index (χ3n) is 6.17. The van der Waals surface area contributed by atoms with Crippen molar-refractivity contribution >= 4 is 11.9 Å². The molecule has 2 atom stereocenters. The Balaban J connectivity index is 2.24. The van der Waals surface area contributed by atoms with Gasteiger partial charge in [-0.05, 0) is 45.4 Å². The molecule has 0 saturated carbocycles. The lowest BCUT2D eigenvalue weighted by Gasteiger charge is -2.29. The van der Waals surface area contributed by atoms with Gasteiger partial charge < -0.3 is 15.5 Å². The first kappa shape index (κ1) is 30.3. The number of hydroxylamine groups is 1. The van der Waals surface area contributed by atoms with E-state index in [2.05, 4.69) is 10.8 Å². The van der Waals surface area contributed by atoms with Crippen LogP contribution in [0.5, 0.6) is 5.75 Å². The minimum atomic E-state index is -1.14. The summed E-state index contributed by atoms with van der Waals surface area (Å²) in [6.45, 7) is 16.3. The lowest BCUT2D eigenvalue weighted by molar-refractivity contribution is -0.143. The summed E-state index contributed by atoms with van der Waals surface area (Å²) in [6, 6.07) is 11.4. The Hall–Kier alpha value is -2.90. The highest BCUT2D eigenvalue weighted by Crippen LogP contribution is 2.40. The summed E-state index contributed by atoms with van der Waals surface area (Å²) in [6.07, 6.45) is 0.571. The van der Waals surface area contributed by atoms with E-state index in [0.29, 0.717) is 6.42 Å². The standard InChI is InChI=1S/C30H44N2O5/c1-19(2)14-24(32-37-18-20-12-10-9-11-13-20)27(34)31-25(28(35)36)17-21-15-22(29(3,4)5)26(33)23(16-21)30(6,7)8/h9-13,15-16,19,24-25,32-33H,14,17-18H2,1-8H3,(H,31,34)(H,35,36)/t24-,25-/m0/s1. The zero-order chi connectivity index (χ0) is 28.0. The molecule has 0 fully saturated rings. The van der Waals surface area contributed by atoms with Crippen molar-refractivity contribution in [3.8, 4) is 5.75 Å². The molecular formula is C30H44N2O5. The number of carboxylic acid groups (broad SMARTS) is 1. The van der Waals surface area contributed by atoms with Gasteiger partial charge in [0.15, 0.2) is 0 Å². The highest BCUT2D eigenvalue weighted by atomic mass is 16.6. The SMILES string of the molecule is CC(C)C[C@H](NOCc1ccccc1)C(=O)N[C@@H](Cc1cc(C(C)(C)C)c(O)c(C(C)(C)C)c1)C(=O)O. The van der Waals surface area contributed by atoms with Crippen LogP contribution in [-0.2, 0) is 38.3 Å². The molecule has 2 rings (SSSR count). The van der Waals surface area contributed by atoms with E-state index in [0.717, 1.165) is 22.3 Å². The second-order valence-electron chi connectivity index (χ2n) is 12.2. The molecular weight excluding hydrogens is 468 g/mol. The molecule has 37 heavy (non-hydrogen) atoms. The minimum absolute atomic E-state index is 0.0901. The zero-order valence-corrected chi connectivity index (χ0v) is 23.5. The van der Waals surface area contributed by atoms with Gasteiger partial charge in [0.1, 0.15) is 17.8 Å². The molecule has 0 aliphatic rings. The largest absolute Gasteiger partial charge is 0.507 e. The fraction of sp³-hybridized carbons (Fsp3) is 0.533. The monoisotopic (exact) mass is 512 g/mol. The van der Waals surface area contributed by atoms with Gasteiger partial charge in [-0.3, -0.25) is 9.63 Å². The maximum atomic E-state index is 13.2. The molecule has 7 heteroatoms. The molecule has 0 bridgehead atoms. The molecule has 0 saturated heterocycles. The minimum Gasteiger partial charge on any atom is -0.507 e.